The van der Waals surface area contributed by atoms with Crippen molar-refractivity contribution in [3.8, 4) is 17.1 Å². The summed E-state index contributed by atoms with van der Waals surface area (Å²) >= 11 is 2.24. The van der Waals surface area contributed by atoms with E-state index in [1.165, 1.54) is 6.42 Å². The van der Waals surface area contributed by atoms with Crippen molar-refractivity contribution in [3.05, 3.63) is 63.6 Å². The molecule has 1 amide bonds. The molecule has 1 aliphatic carbocycles. The third-order valence-corrected chi connectivity index (χ3v) is 6.28. The molecule has 31 heavy (non-hydrogen) atoms. The van der Waals surface area contributed by atoms with E-state index < -0.39 is 0 Å². The van der Waals surface area contributed by atoms with E-state index in [0.29, 0.717) is 24.0 Å². The third kappa shape index (κ3) is 5.84. The van der Waals surface area contributed by atoms with Crippen molar-refractivity contribution in [2.75, 3.05) is 6.61 Å². The number of nitrogens with zero attached hydrogens (tertiary/aromatic N) is 3. The Morgan fingerprint density at radius 2 is 1.94 bits per heavy atom. The minimum Gasteiger partial charge on any atom is -0.484 e. The first-order valence-corrected chi connectivity index (χ1v) is 11.7. The van der Waals surface area contributed by atoms with E-state index in [1.54, 1.807) is 0 Å². The summed E-state index contributed by atoms with van der Waals surface area (Å²) in [7, 11) is 0. The molecule has 1 fully saturated rings. The van der Waals surface area contributed by atoms with E-state index >= 15 is 0 Å². The second kappa shape index (κ2) is 10.3. The lowest BCUT2D eigenvalue weighted by Crippen LogP contribution is -2.43. The van der Waals surface area contributed by atoms with Gasteiger partial charge in [0.2, 0.25) is 11.7 Å². The molecule has 0 saturated heterocycles. The van der Waals surface area contributed by atoms with Gasteiger partial charge in [0.05, 0.1) is 0 Å². The predicted octanol–water partition coefficient (Wildman–Crippen LogP) is 5.39. The van der Waals surface area contributed by atoms with Crippen LogP contribution in [0.4, 0.5) is 0 Å². The molecule has 0 atom stereocenters. The lowest BCUT2D eigenvalue weighted by Gasteiger charge is -2.33. The van der Waals surface area contributed by atoms with Crippen molar-refractivity contribution in [2.45, 2.75) is 51.6 Å². The SMILES string of the molecule is Cc1cccc(-c2noc(CN(C(=O)COc3ccc(I)cc3)C3CCCCC3)n2)c1. The maximum absolute atomic E-state index is 13.1. The van der Waals surface area contributed by atoms with Crippen LogP contribution in [0.3, 0.4) is 0 Å². The van der Waals surface area contributed by atoms with Crippen molar-refractivity contribution in [3.63, 3.8) is 0 Å². The Balaban J connectivity index is 1.47. The molecule has 1 heterocycles. The van der Waals surface area contributed by atoms with E-state index in [4.69, 9.17) is 9.26 Å². The Morgan fingerprint density at radius 3 is 2.68 bits per heavy atom. The van der Waals surface area contributed by atoms with Crippen LogP contribution in [0.5, 0.6) is 5.75 Å². The molecular formula is C24H26IN3O3. The van der Waals surface area contributed by atoms with Crippen LogP contribution >= 0.6 is 22.6 Å². The second-order valence-electron chi connectivity index (χ2n) is 7.94. The number of halogens is 1. The molecule has 3 aromatic rings. The molecule has 0 aliphatic heterocycles. The Kier molecular flexibility index (Phi) is 7.21. The van der Waals surface area contributed by atoms with Crippen molar-refractivity contribution in [1.29, 1.82) is 0 Å². The normalized spacial score (nSPS) is 14.4. The lowest BCUT2D eigenvalue weighted by atomic mass is 9.94. The highest BCUT2D eigenvalue weighted by Gasteiger charge is 2.28. The van der Waals surface area contributed by atoms with Gasteiger partial charge in [0.15, 0.2) is 6.61 Å². The third-order valence-electron chi connectivity index (χ3n) is 5.56. The number of hydrogen-bond donors (Lipinski definition) is 0. The van der Waals surface area contributed by atoms with E-state index in [-0.39, 0.29) is 18.6 Å². The van der Waals surface area contributed by atoms with Gasteiger partial charge in [-0.2, -0.15) is 4.98 Å². The summed E-state index contributed by atoms with van der Waals surface area (Å²) in [5.74, 6) is 1.63. The first-order chi connectivity index (χ1) is 15.1. The number of hydrogen-bond acceptors (Lipinski definition) is 5. The fourth-order valence-corrected chi connectivity index (χ4v) is 4.30. The van der Waals surface area contributed by atoms with E-state index in [1.807, 2.05) is 60.4 Å². The summed E-state index contributed by atoms with van der Waals surface area (Å²) in [6.45, 7) is 2.33. The van der Waals surface area contributed by atoms with Gasteiger partial charge in [-0.1, -0.05) is 48.2 Å². The van der Waals surface area contributed by atoms with Gasteiger partial charge in [0.25, 0.3) is 5.91 Å². The van der Waals surface area contributed by atoms with Gasteiger partial charge in [0.1, 0.15) is 12.3 Å². The van der Waals surface area contributed by atoms with Gasteiger partial charge in [-0.05, 0) is 72.7 Å². The summed E-state index contributed by atoms with van der Waals surface area (Å²) in [6, 6.07) is 15.8. The highest BCUT2D eigenvalue weighted by molar-refractivity contribution is 14.1. The van der Waals surface area contributed by atoms with Crippen LogP contribution in [0.2, 0.25) is 0 Å². The van der Waals surface area contributed by atoms with Crippen LogP contribution in [0, 0.1) is 10.5 Å². The zero-order valence-corrected chi connectivity index (χ0v) is 19.7. The number of aromatic nitrogens is 2. The Morgan fingerprint density at radius 1 is 1.16 bits per heavy atom. The zero-order chi connectivity index (χ0) is 21.6. The standard InChI is InChI=1S/C24H26IN3O3/c1-17-6-5-7-18(14-17)24-26-22(31-27-24)15-28(20-8-3-2-4-9-20)23(29)16-30-21-12-10-19(25)11-13-21/h5-7,10-14,20H,2-4,8-9,15-16H2,1H3. The van der Waals surface area contributed by atoms with E-state index in [0.717, 1.165) is 40.4 Å². The molecule has 0 N–H and O–H groups in total. The largest absolute Gasteiger partial charge is 0.484 e. The number of carbonyl (C=O) groups is 1. The number of benzene rings is 2. The maximum atomic E-state index is 13.1. The number of aryl methyl sites for hydroxylation is 1. The summed E-state index contributed by atoms with van der Waals surface area (Å²) in [5, 5.41) is 4.13. The Hall–Kier alpha value is -2.42. The molecular weight excluding hydrogens is 505 g/mol. The average Bonchev–Trinajstić information content (AvgIpc) is 3.26. The average molecular weight is 531 g/mol. The molecule has 2 aromatic carbocycles. The Labute approximate surface area is 196 Å². The first kappa shape index (κ1) is 21.8. The zero-order valence-electron chi connectivity index (χ0n) is 17.6. The smallest absolute Gasteiger partial charge is 0.261 e. The molecule has 0 radical (unpaired) electrons. The van der Waals surface area contributed by atoms with Crippen LogP contribution in [-0.2, 0) is 11.3 Å². The van der Waals surface area contributed by atoms with Crippen LogP contribution in [-0.4, -0.2) is 33.6 Å². The highest BCUT2D eigenvalue weighted by atomic mass is 127. The molecule has 1 saturated carbocycles. The number of rotatable bonds is 7. The molecule has 1 aromatic heterocycles. The van der Waals surface area contributed by atoms with Gasteiger partial charge in [0, 0.05) is 15.2 Å². The van der Waals surface area contributed by atoms with Crippen LogP contribution in [0.25, 0.3) is 11.4 Å². The summed E-state index contributed by atoms with van der Waals surface area (Å²) in [5.41, 5.74) is 2.04. The first-order valence-electron chi connectivity index (χ1n) is 10.7. The topological polar surface area (TPSA) is 68.5 Å². The lowest BCUT2D eigenvalue weighted by molar-refractivity contribution is -0.137. The predicted molar refractivity (Wildman–Crippen MR) is 127 cm³/mol. The van der Waals surface area contributed by atoms with Crippen LogP contribution in [0.15, 0.2) is 53.1 Å². The molecule has 0 spiro atoms. The minimum absolute atomic E-state index is 0.00400. The van der Waals surface area contributed by atoms with Crippen LogP contribution < -0.4 is 4.74 Å². The monoisotopic (exact) mass is 531 g/mol. The maximum Gasteiger partial charge on any atom is 0.261 e. The number of carbonyl (C=O) groups excluding carboxylic acids is 1. The van der Waals surface area contributed by atoms with Gasteiger partial charge in [-0.25, -0.2) is 0 Å². The van der Waals surface area contributed by atoms with E-state index in [9.17, 15) is 4.79 Å². The summed E-state index contributed by atoms with van der Waals surface area (Å²) in [4.78, 5) is 19.5. The molecule has 0 bridgehead atoms. The van der Waals surface area contributed by atoms with Crippen molar-refractivity contribution in [2.24, 2.45) is 0 Å². The van der Waals surface area contributed by atoms with Crippen LogP contribution in [0.1, 0.15) is 43.6 Å². The highest BCUT2D eigenvalue weighted by Crippen LogP contribution is 2.25. The van der Waals surface area contributed by atoms with Crippen molar-refractivity contribution >= 4 is 28.5 Å². The molecule has 4 rings (SSSR count). The quantitative estimate of drug-likeness (QED) is 0.383. The fraction of sp³-hybridized carbons (Fsp3) is 0.375. The second-order valence-corrected chi connectivity index (χ2v) is 9.18. The molecule has 0 unspecified atom stereocenters. The minimum atomic E-state index is -0.0549. The van der Waals surface area contributed by atoms with Gasteiger partial charge in [-0.15, -0.1) is 0 Å². The molecule has 6 nitrogen and oxygen atoms in total. The van der Waals surface area contributed by atoms with Crippen molar-refractivity contribution < 1.29 is 14.1 Å². The fourth-order valence-electron chi connectivity index (χ4n) is 3.94. The molecule has 162 valence electrons. The van der Waals surface area contributed by atoms with Gasteiger partial charge >= 0.3 is 0 Å². The molecule has 1 aliphatic rings. The summed E-state index contributed by atoms with van der Waals surface area (Å²) in [6.07, 6.45) is 5.47. The van der Waals surface area contributed by atoms with Gasteiger partial charge in [-0.3, -0.25) is 4.79 Å². The Bertz CT molecular complexity index is 1010. The number of amides is 1. The van der Waals surface area contributed by atoms with Gasteiger partial charge < -0.3 is 14.2 Å². The van der Waals surface area contributed by atoms with Crippen molar-refractivity contribution in [1.82, 2.24) is 15.0 Å². The summed E-state index contributed by atoms with van der Waals surface area (Å²) < 4.78 is 12.4. The molecule has 7 heteroatoms. The van der Waals surface area contributed by atoms with E-state index in [2.05, 4.69) is 32.7 Å². The number of ether oxygens (including phenoxy) is 1.